The second kappa shape index (κ2) is 6.48. The maximum absolute atomic E-state index is 12.4. The molecule has 0 bridgehead atoms. The number of fused-ring (bicyclic) bond motifs is 1. The van der Waals surface area contributed by atoms with Crippen LogP contribution in [0.5, 0.6) is 0 Å². The maximum atomic E-state index is 12.4. The lowest BCUT2D eigenvalue weighted by atomic mass is 9.93. The first kappa shape index (κ1) is 14.4. The Morgan fingerprint density at radius 1 is 1.24 bits per heavy atom. The van der Waals surface area contributed by atoms with E-state index in [9.17, 15) is 4.79 Å². The van der Waals surface area contributed by atoms with Crippen LogP contribution in [0.2, 0.25) is 0 Å². The molecule has 1 aromatic rings. The van der Waals surface area contributed by atoms with E-state index in [1.807, 2.05) is 12.1 Å². The number of hydrogen-bond acceptors (Lipinski definition) is 4. The number of nitrogens with one attached hydrogen (secondary N) is 1. The molecule has 0 spiro atoms. The summed E-state index contributed by atoms with van der Waals surface area (Å²) in [4.78, 5) is 12.4. The number of para-hydroxylation sites is 1. The fourth-order valence-corrected chi connectivity index (χ4v) is 3.29. The topological polar surface area (TPSA) is 47.6 Å². The number of esters is 1. The summed E-state index contributed by atoms with van der Waals surface area (Å²) in [5, 5.41) is 3.33. The molecule has 1 aliphatic carbocycles. The molecular formula is C17H23NO3. The Kier molecular flexibility index (Phi) is 4.44. The first-order valence-electron chi connectivity index (χ1n) is 7.81. The van der Waals surface area contributed by atoms with Gasteiger partial charge in [0.25, 0.3) is 0 Å². The fraction of sp³-hybridized carbons (Fsp3) is 0.588. The van der Waals surface area contributed by atoms with Gasteiger partial charge in [0.2, 0.25) is 0 Å². The zero-order valence-electron chi connectivity index (χ0n) is 12.5. The van der Waals surface area contributed by atoms with Gasteiger partial charge in [-0.1, -0.05) is 18.2 Å². The number of anilines is 1. The van der Waals surface area contributed by atoms with Crippen LogP contribution in [-0.2, 0) is 20.7 Å². The van der Waals surface area contributed by atoms with Crippen LogP contribution in [0.3, 0.4) is 0 Å². The SMILES string of the molecule is COC1CCCC(OC(=O)C2CNc3ccccc3C2)C1. The Labute approximate surface area is 125 Å². The smallest absolute Gasteiger partial charge is 0.311 e. The highest BCUT2D eigenvalue weighted by Crippen LogP contribution is 2.27. The molecule has 3 rings (SSSR count). The lowest BCUT2D eigenvalue weighted by molar-refractivity contribution is -0.157. The number of rotatable bonds is 3. The zero-order chi connectivity index (χ0) is 14.7. The third-order valence-electron chi connectivity index (χ3n) is 4.55. The average molecular weight is 289 g/mol. The zero-order valence-corrected chi connectivity index (χ0v) is 12.5. The molecule has 0 radical (unpaired) electrons. The number of carbonyl (C=O) groups is 1. The van der Waals surface area contributed by atoms with E-state index in [0.29, 0.717) is 6.54 Å². The molecule has 1 heterocycles. The van der Waals surface area contributed by atoms with Crippen molar-refractivity contribution in [3.05, 3.63) is 29.8 Å². The highest BCUT2D eigenvalue weighted by molar-refractivity contribution is 5.75. The van der Waals surface area contributed by atoms with Crippen LogP contribution >= 0.6 is 0 Å². The summed E-state index contributed by atoms with van der Waals surface area (Å²) in [6.45, 7) is 0.663. The summed E-state index contributed by atoms with van der Waals surface area (Å²) in [5.74, 6) is -0.151. The van der Waals surface area contributed by atoms with E-state index in [1.165, 1.54) is 5.56 Å². The molecule has 114 valence electrons. The van der Waals surface area contributed by atoms with Gasteiger partial charge in [-0.25, -0.2) is 0 Å². The van der Waals surface area contributed by atoms with Gasteiger partial charge in [-0.3, -0.25) is 4.79 Å². The predicted octanol–water partition coefficient (Wildman–Crippen LogP) is 2.77. The normalized spacial score (nSPS) is 28.3. The molecule has 3 atom stereocenters. The van der Waals surface area contributed by atoms with Crippen molar-refractivity contribution < 1.29 is 14.3 Å². The van der Waals surface area contributed by atoms with Crippen LogP contribution in [0.1, 0.15) is 31.2 Å². The third-order valence-corrected chi connectivity index (χ3v) is 4.55. The minimum Gasteiger partial charge on any atom is -0.462 e. The van der Waals surface area contributed by atoms with Gasteiger partial charge in [-0.2, -0.15) is 0 Å². The van der Waals surface area contributed by atoms with Crippen LogP contribution in [0.4, 0.5) is 5.69 Å². The molecule has 1 aromatic carbocycles. The van der Waals surface area contributed by atoms with Gasteiger partial charge < -0.3 is 14.8 Å². The first-order valence-corrected chi connectivity index (χ1v) is 7.81. The first-order chi connectivity index (χ1) is 10.3. The van der Waals surface area contributed by atoms with Crippen molar-refractivity contribution >= 4 is 11.7 Å². The molecule has 1 saturated carbocycles. The average Bonchev–Trinajstić information content (AvgIpc) is 2.54. The van der Waals surface area contributed by atoms with E-state index in [4.69, 9.17) is 9.47 Å². The Morgan fingerprint density at radius 3 is 2.90 bits per heavy atom. The second-order valence-electron chi connectivity index (χ2n) is 6.02. The van der Waals surface area contributed by atoms with E-state index in [0.717, 1.165) is 37.8 Å². The molecule has 0 amide bonds. The van der Waals surface area contributed by atoms with Crippen molar-refractivity contribution in [3.63, 3.8) is 0 Å². The molecular weight excluding hydrogens is 266 g/mol. The van der Waals surface area contributed by atoms with E-state index < -0.39 is 0 Å². The number of benzene rings is 1. The summed E-state index contributed by atoms with van der Waals surface area (Å²) in [5.41, 5.74) is 2.34. The highest BCUT2D eigenvalue weighted by atomic mass is 16.5. The Bertz CT molecular complexity index is 503. The van der Waals surface area contributed by atoms with Gasteiger partial charge in [-0.05, 0) is 37.3 Å². The van der Waals surface area contributed by atoms with Gasteiger partial charge in [0.15, 0.2) is 0 Å². The maximum Gasteiger partial charge on any atom is 0.311 e. The van der Waals surface area contributed by atoms with Crippen molar-refractivity contribution in [1.82, 2.24) is 0 Å². The van der Waals surface area contributed by atoms with Crippen LogP contribution in [-0.4, -0.2) is 31.8 Å². The number of methoxy groups -OCH3 is 1. The van der Waals surface area contributed by atoms with Gasteiger partial charge in [-0.15, -0.1) is 0 Å². The summed E-state index contributed by atoms with van der Waals surface area (Å²) in [6, 6.07) is 8.15. The van der Waals surface area contributed by atoms with Crippen LogP contribution < -0.4 is 5.32 Å². The summed E-state index contributed by atoms with van der Waals surface area (Å²) >= 11 is 0. The summed E-state index contributed by atoms with van der Waals surface area (Å²) in [6.07, 6.45) is 4.96. The van der Waals surface area contributed by atoms with E-state index in [-0.39, 0.29) is 24.1 Å². The van der Waals surface area contributed by atoms with Crippen molar-refractivity contribution in [2.24, 2.45) is 5.92 Å². The molecule has 0 aromatic heterocycles. The van der Waals surface area contributed by atoms with Crippen molar-refractivity contribution in [2.75, 3.05) is 19.0 Å². The molecule has 3 unspecified atom stereocenters. The number of hydrogen-bond donors (Lipinski definition) is 1. The second-order valence-corrected chi connectivity index (χ2v) is 6.02. The summed E-state index contributed by atoms with van der Waals surface area (Å²) in [7, 11) is 1.73. The largest absolute Gasteiger partial charge is 0.462 e. The van der Waals surface area contributed by atoms with E-state index in [2.05, 4.69) is 17.4 Å². The molecule has 2 aliphatic rings. The standard InChI is InChI=1S/C17H23NO3/c1-20-14-6-4-7-15(10-14)21-17(19)13-9-12-5-2-3-8-16(12)18-11-13/h2-3,5,8,13-15,18H,4,6-7,9-11H2,1H3. The van der Waals surface area contributed by atoms with Gasteiger partial charge in [0, 0.05) is 25.8 Å². The minimum atomic E-state index is -0.0807. The van der Waals surface area contributed by atoms with Crippen molar-refractivity contribution in [2.45, 2.75) is 44.3 Å². The minimum absolute atomic E-state index is 0.0216. The predicted molar refractivity (Wildman–Crippen MR) is 81.3 cm³/mol. The van der Waals surface area contributed by atoms with Crippen LogP contribution in [0.25, 0.3) is 0 Å². The monoisotopic (exact) mass is 289 g/mol. The molecule has 4 nitrogen and oxygen atoms in total. The van der Waals surface area contributed by atoms with Gasteiger partial charge in [0.1, 0.15) is 6.10 Å². The van der Waals surface area contributed by atoms with E-state index >= 15 is 0 Å². The third kappa shape index (κ3) is 3.38. The quantitative estimate of drug-likeness (QED) is 0.869. The molecule has 1 aliphatic heterocycles. The molecule has 0 saturated heterocycles. The van der Waals surface area contributed by atoms with Crippen molar-refractivity contribution in [3.8, 4) is 0 Å². The summed E-state index contributed by atoms with van der Waals surface area (Å²) < 4.78 is 11.1. The van der Waals surface area contributed by atoms with E-state index in [1.54, 1.807) is 7.11 Å². The molecule has 1 fully saturated rings. The molecule has 21 heavy (non-hydrogen) atoms. The number of ether oxygens (including phenoxy) is 2. The van der Waals surface area contributed by atoms with Crippen LogP contribution in [0, 0.1) is 5.92 Å². The lowest BCUT2D eigenvalue weighted by Gasteiger charge is -2.30. The Balaban J connectivity index is 1.57. The lowest BCUT2D eigenvalue weighted by Crippen LogP contribution is -2.36. The molecule has 4 heteroatoms. The molecule has 1 N–H and O–H groups in total. The van der Waals surface area contributed by atoms with Gasteiger partial charge >= 0.3 is 5.97 Å². The Morgan fingerprint density at radius 2 is 2.05 bits per heavy atom. The highest BCUT2D eigenvalue weighted by Gasteiger charge is 2.30. The Hall–Kier alpha value is -1.55. The van der Waals surface area contributed by atoms with Crippen molar-refractivity contribution in [1.29, 1.82) is 0 Å². The van der Waals surface area contributed by atoms with Crippen LogP contribution in [0.15, 0.2) is 24.3 Å². The van der Waals surface area contributed by atoms with Gasteiger partial charge in [0.05, 0.1) is 12.0 Å². The number of carbonyl (C=O) groups excluding carboxylic acids is 1. The fourth-order valence-electron chi connectivity index (χ4n) is 3.29.